The van der Waals surface area contributed by atoms with Gasteiger partial charge in [0, 0.05) is 0 Å². The summed E-state index contributed by atoms with van der Waals surface area (Å²) in [4.78, 5) is 10.5. The highest BCUT2D eigenvalue weighted by Gasteiger charge is 2.08. The van der Waals surface area contributed by atoms with Crippen molar-refractivity contribution in [2.75, 3.05) is 0 Å². The van der Waals surface area contributed by atoms with Crippen LogP contribution in [0.3, 0.4) is 0 Å². The monoisotopic (exact) mass is 198 g/mol. The molecule has 0 amide bonds. The van der Waals surface area contributed by atoms with Crippen molar-refractivity contribution in [2.45, 2.75) is 0 Å². The van der Waals surface area contributed by atoms with Gasteiger partial charge >= 0.3 is 5.97 Å². The van der Waals surface area contributed by atoms with Crippen LogP contribution in [-0.2, 0) is 4.79 Å². The number of para-hydroxylation sites is 1. The Morgan fingerprint density at radius 2 is 2.00 bits per heavy atom. The minimum Gasteiger partial charge on any atom is -0.475 e. The fourth-order valence-corrected chi connectivity index (χ4v) is 0.866. The third kappa shape index (κ3) is 2.80. The first-order valence-corrected chi connectivity index (χ1v) is 3.94. The molecule has 0 aromatic heterocycles. The molecule has 0 saturated carbocycles. The standard InChI is InChI=1S/C9H7ClO3/c10-6-8(9(11)12)13-7-4-2-1-3-5-7/h1-6H,(H,11,12)/b8-6-. The van der Waals surface area contributed by atoms with Crippen molar-refractivity contribution in [1.82, 2.24) is 0 Å². The third-order valence-electron chi connectivity index (χ3n) is 1.28. The van der Waals surface area contributed by atoms with Crippen LogP contribution in [0.2, 0.25) is 0 Å². The first-order chi connectivity index (χ1) is 6.24. The Hall–Kier alpha value is -1.48. The summed E-state index contributed by atoms with van der Waals surface area (Å²) in [5.41, 5.74) is 0.884. The highest BCUT2D eigenvalue weighted by molar-refractivity contribution is 6.27. The summed E-state index contributed by atoms with van der Waals surface area (Å²) < 4.78 is 4.95. The molecule has 0 aliphatic carbocycles. The lowest BCUT2D eigenvalue weighted by atomic mass is 10.3. The Balaban J connectivity index is 2.74. The van der Waals surface area contributed by atoms with Gasteiger partial charge in [-0.1, -0.05) is 29.8 Å². The minimum atomic E-state index is -1.20. The number of halogens is 1. The predicted molar refractivity (Wildman–Crippen MR) is 48.6 cm³/mol. The highest BCUT2D eigenvalue weighted by atomic mass is 35.5. The van der Waals surface area contributed by atoms with E-state index in [0.717, 1.165) is 5.54 Å². The van der Waals surface area contributed by atoms with Gasteiger partial charge in [0.1, 0.15) is 5.75 Å². The molecule has 3 nitrogen and oxygen atoms in total. The van der Waals surface area contributed by atoms with E-state index in [1.807, 2.05) is 0 Å². The molecule has 1 rings (SSSR count). The number of rotatable bonds is 3. The molecular formula is C9H7ClO3. The second kappa shape index (κ2) is 4.52. The lowest BCUT2D eigenvalue weighted by Crippen LogP contribution is -2.06. The Kier molecular flexibility index (Phi) is 3.34. The van der Waals surface area contributed by atoms with Crippen LogP contribution >= 0.6 is 11.6 Å². The summed E-state index contributed by atoms with van der Waals surface area (Å²) >= 11 is 5.24. The van der Waals surface area contributed by atoms with Crippen molar-refractivity contribution in [1.29, 1.82) is 0 Å². The summed E-state index contributed by atoms with van der Waals surface area (Å²) in [6, 6.07) is 8.57. The SMILES string of the molecule is O=C(O)/C(=C/Cl)Oc1ccccc1. The molecule has 4 heteroatoms. The van der Waals surface area contributed by atoms with Gasteiger partial charge in [0.15, 0.2) is 0 Å². The van der Waals surface area contributed by atoms with E-state index in [4.69, 9.17) is 21.4 Å². The number of carboxylic acid groups (broad SMARTS) is 1. The van der Waals surface area contributed by atoms with Crippen LogP contribution in [0.4, 0.5) is 0 Å². The van der Waals surface area contributed by atoms with Gasteiger partial charge in [-0.3, -0.25) is 0 Å². The number of benzene rings is 1. The lowest BCUT2D eigenvalue weighted by molar-refractivity contribution is -0.135. The van der Waals surface area contributed by atoms with Crippen LogP contribution in [0, 0.1) is 0 Å². The van der Waals surface area contributed by atoms with Crippen LogP contribution in [0.1, 0.15) is 0 Å². The van der Waals surface area contributed by atoms with E-state index in [0.29, 0.717) is 5.75 Å². The first kappa shape index (κ1) is 9.61. The van der Waals surface area contributed by atoms with E-state index in [-0.39, 0.29) is 5.76 Å². The molecule has 0 spiro atoms. The number of hydrogen-bond acceptors (Lipinski definition) is 2. The van der Waals surface area contributed by atoms with Gasteiger partial charge in [-0.05, 0) is 12.1 Å². The molecule has 0 aliphatic rings. The summed E-state index contributed by atoms with van der Waals surface area (Å²) in [7, 11) is 0. The van der Waals surface area contributed by atoms with Crippen molar-refractivity contribution >= 4 is 17.6 Å². The van der Waals surface area contributed by atoms with E-state index in [2.05, 4.69) is 0 Å². The lowest BCUT2D eigenvalue weighted by Gasteiger charge is -2.03. The van der Waals surface area contributed by atoms with Gasteiger partial charge in [-0.15, -0.1) is 0 Å². The Morgan fingerprint density at radius 1 is 1.38 bits per heavy atom. The summed E-state index contributed by atoms with van der Waals surface area (Å²) in [5, 5.41) is 8.56. The maximum absolute atomic E-state index is 10.5. The molecule has 1 aromatic carbocycles. The zero-order valence-corrected chi connectivity index (χ0v) is 7.36. The minimum absolute atomic E-state index is 0.298. The van der Waals surface area contributed by atoms with E-state index in [9.17, 15) is 4.79 Å². The number of ether oxygens (including phenoxy) is 1. The fourth-order valence-electron chi connectivity index (χ4n) is 0.728. The molecule has 0 saturated heterocycles. The topological polar surface area (TPSA) is 46.5 Å². The van der Waals surface area contributed by atoms with Crippen LogP contribution in [0.15, 0.2) is 41.6 Å². The second-order valence-electron chi connectivity index (χ2n) is 2.19. The molecule has 68 valence electrons. The van der Waals surface area contributed by atoms with Crippen LogP contribution in [0.25, 0.3) is 0 Å². The Bertz CT molecular complexity index is 319. The predicted octanol–water partition coefficient (Wildman–Crippen LogP) is 2.23. The third-order valence-corrected chi connectivity index (χ3v) is 1.48. The zero-order valence-electron chi connectivity index (χ0n) is 6.61. The molecule has 0 atom stereocenters. The van der Waals surface area contributed by atoms with Gasteiger partial charge in [0.2, 0.25) is 5.76 Å². The highest BCUT2D eigenvalue weighted by Crippen LogP contribution is 2.13. The van der Waals surface area contributed by atoms with Crippen LogP contribution in [-0.4, -0.2) is 11.1 Å². The van der Waals surface area contributed by atoms with Crippen molar-refractivity contribution < 1.29 is 14.6 Å². The molecule has 0 radical (unpaired) electrons. The normalized spacial score (nSPS) is 11.0. The van der Waals surface area contributed by atoms with Gasteiger partial charge in [-0.25, -0.2) is 4.79 Å². The van der Waals surface area contributed by atoms with Gasteiger partial charge in [-0.2, -0.15) is 0 Å². The van der Waals surface area contributed by atoms with E-state index >= 15 is 0 Å². The smallest absolute Gasteiger partial charge is 0.372 e. The molecule has 0 aliphatic heterocycles. The zero-order chi connectivity index (χ0) is 9.68. The average Bonchev–Trinajstić information content (AvgIpc) is 2.15. The van der Waals surface area contributed by atoms with Gasteiger partial charge in [0.05, 0.1) is 5.54 Å². The van der Waals surface area contributed by atoms with E-state index in [1.165, 1.54) is 0 Å². The summed E-state index contributed by atoms with van der Waals surface area (Å²) in [6.07, 6.45) is 0. The number of carboxylic acids is 1. The van der Waals surface area contributed by atoms with Crippen molar-refractivity contribution in [2.24, 2.45) is 0 Å². The van der Waals surface area contributed by atoms with Crippen molar-refractivity contribution in [3.8, 4) is 5.75 Å². The number of hydrogen-bond donors (Lipinski definition) is 1. The molecule has 13 heavy (non-hydrogen) atoms. The largest absolute Gasteiger partial charge is 0.475 e. The molecular weight excluding hydrogens is 192 g/mol. The van der Waals surface area contributed by atoms with Gasteiger partial charge in [0.25, 0.3) is 0 Å². The average molecular weight is 199 g/mol. The summed E-state index contributed by atoms with van der Waals surface area (Å²) in [6.45, 7) is 0. The Labute approximate surface area is 80.2 Å². The molecule has 1 N–H and O–H groups in total. The van der Waals surface area contributed by atoms with Crippen LogP contribution < -0.4 is 4.74 Å². The first-order valence-electron chi connectivity index (χ1n) is 3.50. The molecule has 0 unspecified atom stereocenters. The number of carbonyl (C=O) groups is 1. The van der Waals surface area contributed by atoms with Crippen molar-refractivity contribution in [3.63, 3.8) is 0 Å². The molecule has 0 heterocycles. The maximum Gasteiger partial charge on any atom is 0.372 e. The molecule has 0 bridgehead atoms. The fraction of sp³-hybridized carbons (Fsp3) is 0. The van der Waals surface area contributed by atoms with Crippen LogP contribution in [0.5, 0.6) is 5.75 Å². The quantitative estimate of drug-likeness (QED) is 0.599. The molecule has 1 aromatic rings. The maximum atomic E-state index is 10.5. The summed E-state index contributed by atoms with van der Waals surface area (Å²) in [5.74, 6) is -1.05. The Morgan fingerprint density at radius 3 is 2.46 bits per heavy atom. The van der Waals surface area contributed by atoms with E-state index < -0.39 is 5.97 Å². The second-order valence-corrected chi connectivity index (χ2v) is 2.41. The molecule has 0 fully saturated rings. The van der Waals surface area contributed by atoms with E-state index in [1.54, 1.807) is 30.3 Å². The van der Waals surface area contributed by atoms with Gasteiger partial charge < -0.3 is 9.84 Å². The number of aliphatic carboxylic acids is 1. The van der Waals surface area contributed by atoms with Crippen molar-refractivity contribution in [3.05, 3.63) is 41.6 Å².